The van der Waals surface area contributed by atoms with Crippen LogP contribution in [0.15, 0.2) is 0 Å². The molecule has 1 aliphatic heterocycles. The van der Waals surface area contributed by atoms with E-state index in [1.54, 1.807) is 0 Å². The molecule has 1 saturated heterocycles. The Morgan fingerprint density at radius 2 is 2.12 bits per heavy atom. The number of sulfone groups is 1. The molecule has 0 aromatic rings. The maximum atomic E-state index is 12.2. The number of aliphatic carboxylic acids is 1. The Balaban J connectivity index is 2.60. The van der Waals surface area contributed by atoms with Crippen LogP contribution in [0.25, 0.3) is 0 Å². The van der Waals surface area contributed by atoms with Crippen molar-refractivity contribution in [1.82, 2.24) is 10.2 Å². The molecule has 0 aromatic carbocycles. The van der Waals surface area contributed by atoms with Gasteiger partial charge in [-0.2, -0.15) is 0 Å². The lowest BCUT2D eigenvalue weighted by Gasteiger charge is -2.18. The normalized spacial score (nSPS) is 19.3. The van der Waals surface area contributed by atoms with E-state index in [9.17, 15) is 22.8 Å². The van der Waals surface area contributed by atoms with E-state index in [-0.39, 0.29) is 36.8 Å². The highest BCUT2D eigenvalue weighted by molar-refractivity contribution is 7.91. The number of carboxylic acids is 1. The number of hydrogen-bond donors (Lipinski definition) is 2. The molecule has 0 bridgehead atoms. The maximum Gasteiger partial charge on any atom is 0.326 e. The van der Waals surface area contributed by atoms with Crippen molar-refractivity contribution < 1.29 is 32.6 Å². The van der Waals surface area contributed by atoms with Gasteiger partial charge >= 0.3 is 5.97 Å². The van der Waals surface area contributed by atoms with Crippen LogP contribution in [-0.2, 0) is 29.0 Å². The molecule has 2 atom stereocenters. The van der Waals surface area contributed by atoms with Crippen LogP contribution in [0.2, 0.25) is 0 Å². The third-order valence-corrected chi connectivity index (χ3v) is 5.66. The third kappa shape index (κ3) is 6.08. The molecular formula is C14H24N2O7S. The maximum absolute atomic E-state index is 12.2. The molecule has 9 nitrogen and oxygen atoms in total. The van der Waals surface area contributed by atoms with E-state index in [2.05, 4.69) is 5.32 Å². The van der Waals surface area contributed by atoms with Gasteiger partial charge in [-0.15, -0.1) is 0 Å². The summed E-state index contributed by atoms with van der Waals surface area (Å²) in [5.41, 5.74) is 0. The Morgan fingerprint density at radius 1 is 1.46 bits per heavy atom. The summed E-state index contributed by atoms with van der Waals surface area (Å²) in [5, 5.41) is 11.5. The molecule has 0 aromatic heterocycles. The topological polar surface area (TPSA) is 130 Å². The highest BCUT2D eigenvalue weighted by atomic mass is 32.2. The SMILES string of the molecule is CCS(=O)(=O)CCC(NC(=O)C1CC(=O)N(CCOC)C1)C(=O)O. The minimum atomic E-state index is -3.32. The predicted molar refractivity (Wildman–Crippen MR) is 85.1 cm³/mol. The van der Waals surface area contributed by atoms with Crippen LogP contribution in [-0.4, -0.2) is 80.6 Å². The van der Waals surface area contributed by atoms with Crippen LogP contribution in [0.5, 0.6) is 0 Å². The van der Waals surface area contributed by atoms with Crippen molar-refractivity contribution in [2.45, 2.75) is 25.8 Å². The zero-order valence-corrected chi connectivity index (χ0v) is 14.7. The van der Waals surface area contributed by atoms with Crippen molar-refractivity contribution in [3.8, 4) is 0 Å². The average Bonchev–Trinajstić information content (AvgIpc) is 2.90. The summed E-state index contributed by atoms with van der Waals surface area (Å²) in [4.78, 5) is 36.7. The number of nitrogens with one attached hydrogen (secondary N) is 1. The first kappa shape index (κ1) is 20.4. The summed E-state index contributed by atoms with van der Waals surface area (Å²) in [6.45, 7) is 2.40. The van der Waals surface area contributed by atoms with E-state index in [1.807, 2.05) is 0 Å². The molecule has 2 amide bonds. The first-order chi connectivity index (χ1) is 11.2. The highest BCUT2D eigenvalue weighted by Crippen LogP contribution is 2.18. The Labute approximate surface area is 141 Å². The number of carboxylic acid groups (broad SMARTS) is 1. The molecule has 2 unspecified atom stereocenters. The molecular weight excluding hydrogens is 340 g/mol. The number of hydrogen-bond acceptors (Lipinski definition) is 6. The average molecular weight is 364 g/mol. The molecule has 10 heteroatoms. The smallest absolute Gasteiger partial charge is 0.326 e. The van der Waals surface area contributed by atoms with E-state index in [1.165, 1.54) is 18.9 Å². The number of methoxy groups -OCH3 is 1. The summed E-state index contributed by atoms with van der Waals surface area (Å²) < 4.78 is 27.9. The molecule has 1 heterocycles. The third-order valence-electron chi connectivity index (χ3n) is 3.92. The molecule has 0 spiro atoms. The van der Waals surface area contributed by atoms with Gasteiger partial charge in [-0.3, -0.25) is 9.59 Å². The lowest BCUT2D eigenvalue weighted by molar-refractivity contribution is -0.142. The van der Waals surface area contributed by atoms with Crippen molar-refractivity contribution in [3.05, 3.63) is 0 Å². The summed E-state index contributed by atoms with van der Waals surface area (Å²) in [7, 11) is -1.82. The second kappa shape index (κ2) is 8.97. The number of ether oxygens (including phenoxy) is 1. The van der Waals surface area contributed by atoms with Gasteiger partial charge in [0.1, 0.15) is 15.9 Å². The number of nitrogens with zero attached hydrogens (tertiary/aromatic N) is 1. The van der Waals surface area contributed by atoms with Crippen molar-refractivity contribution in [1.29, 1.82) is 0 Å². The monoisotopic (exact) mass is 364 g/mol. The fourth-order valence-electron chi connectivity index (χ4n) is 2.35. The van der Waals surface area contributed by atoms with Gasteiger partial charge in [-0.1, -0.05) is 6.92 Å². The minimum absolute atomic E-state index is 0.00907. The second-order valence-corrected chi connectivity index (χ2v) is 8.13. The number of likely N-dealkylation sites (tertiary alicyclic amines) is 1. The van der Waals surface area contributed by atoms with Crippen LogP contribution < -0.4 is 5.32 Å². The fraction of sp³-hybridized carbons (Fsp3) is 0.786. The number of carbonyl (C=O) groups is 3. The van der Waals surface area contributed by atoms with Gasteiger partial charge < -0.3 is 20.1 Å². The predicted octanol–water partition coefficient (Wildman–Crippen LogP) is -1.12. The van der Waals surface area contributed by atoms with Gasteiger partial charge in [0.25, 0.3) is 0 Å². The summed E-state index contributed by atoms with van der Waals surface area (Å²) in [5.74, 6) is -3.07. The second-order valence-electron chi connectivity index (χ2n) is 5.66. The van der Waals surface area contributed by atoms with Crippen molar-refractivity contribution in [2.24, 2.45) is 5.92 Å². The molecule has 0 aliphatic carbocycles. The lowest BCUT2D eigenvalue weighted by Crippen LogP contribution is -2.45. The number of rotatable bonds is 10. The van der Waals surface area contributed by atoms with Crippen LogP contribution in [0.1, 0.15) is 19.8 Å². The molecule has 1 rings (SSSR count). The summed E-state index contributed by atoms with van der Waals surface area (Å²) in [6, 6.07) is -1.29. The largest absolute Gasteiger partial charge is 0.480 e. The van der Waals surface area contributed by atoms with Crippen molar-refractivity contribution in [3.63, 3.8) is 0 Å². The van der Waals surface area contributed by atoms with Gasteiger partial charge in [-0.25, -0.2) is 13.2 Å². The highest BCUT2D eigenvalue weighted by Gasteiger charge is 2.35. The van der Waals surface area contributed by atoms with Gasteiger partial charge in [0, 0.05) is 32.4 Å². The van der Waals surface area contributed by atoms with Crippen molar-refractivity contribution >= 4 is 27.6 Å². The van der Waals surface area contributed by atoms with E-state index >= 15 is 0 Å². The van der Waals surface area contributed by atoms with Gasteiger partial charge in [0.05, 0.1) is 18.3 Å². The standard InChI is InChI=1S/C14H24N2O7S/c1-3-24(21,22)7-4-11(14(19)20)15-13(18)10-8-12(17)16(9-10)5-6-23-2/h10-11H,3-9H2,1-2H3,(H,15,18)(H,19,20). The first-order valence-corrected chi connectivity index (χ1v) is 9.52. The molecule has 1 aliphatic rings. The van der Waals surface area contributed by atoms with Crippen LogP contribution in [0, 0.1) is 5.92 Å². The van der Waals surface area contributed by atoms with Crippen LogP contribution in [0.4, 0.5) is 0 Å². The molecule has 138 valence electrons. The van der Waals surface area contributed by atoms with Gasteiger partial charge in [0.15, 0.2) is 0 Å². The van der Waals surface area contributed by atoms with Crippen molar-refractivity contribution in [2.75, 3.05) is 38.3 Å². The lowest BCUT2D eigenvalue weighted by atomic mass is 10.1. The summed E-state index contributed by atoms with van der Waals surface area (Å²) >= 11 is 0. The molecule has 24 heavy (non-hydrogen) atoms. The van der Waals surface area contributed by atoms with E-state index < -0.39 is 33.7 Å². The summed E-state index contributed by atoms with van der Waals surface area (Å²) in [6.07, 6.45) is -0.194. The quantitative estimate of drug-likeness (QED) is 0.502. The van der Waals surface area contributed by atoms with Gasteiger partial charge in [0.2, 0.25) is 11.8 Å². The first-order valence-electron chi connectivity index (χ1n) is 7.70. The fourth-order valence-corrected chi connectivity index (χ4v) is 3.24. The molecule has 2 N–H and O–H groups in total. The van der Waals surface area contributed by atoms with Crippen LogP contribution >= 0.6 is 0 Å². The Hall–Kier alpha value is -1.68. The Kier molecular flexibility index (Phi) is 7.61. The van der Waals surface area contributed by atoms with E-state index in [0.29, 0.717) is 13.2 Å². The Bertz CT molecular complexity index is 576. The van der Waals surface area contributed by atoms with Crippen LogP contribution in [0.3, 0.4) is 0 Å². The molecule has 0 radical (unpaired) electrons. The zero-order chi connectivity index (χ0) is 18.3. The zero-order valence-electron chi connectivity index (χ0n) is 13.9. The minimum Gasteiger partial charge on any atom is -0.480 e. The Morgan fingerprint density at radius 3 is 2.67 bits per heavy atom. The molecule has 0 saturated carbocycles. The van der Waals surface area contributed by atoms with E-state index in [0.717, 1.165) is 0 Å². The molecule has 1 fully saturated rings. The van der Waals surface area contributed by atoms with E-state index in [4.69, 9.17) is 9.84 Å². The number of amides is 2. The van der Waals surface area contributed by atoms with Gasteiger partial charge in [-0.05, 0) is 6.42 Å². The number of carbonyl (C=O) groups excluding carboxylic acids is 2.